The van der Waals surface area contributed by atoms with E-state index in [2.05, 4.69) is 20.8 Å². The molecule has 0 amide bonds. The van der Waals surface area contributed by atoms with Crippen molar-refractivity contribution in [2.75, 3.05) is 18.1 Å². The molecule has 2 fully saturated rings. The molecule has 1 aromatic heterocycles. The second kappa shape index (κ2) is 5.37. The number of nitrogens with one attached hydrogen (secondary N) is 1. The van der Waals surface area contributed by atoms with E-state index in [0.717, 1.165) is 18.2 Å². The average Bonchev–Trinajstić information content (AvgIpc) is 2.97. The first-order valence-electron chi connectivity index (χ1n) is 6.49. The van der Waals surface area contributed by atoms with Gasteiger partial charge in [-0.1, -0.05) is 11.8 Å². The third-order valence-electron chi connectivity index (χ3n) is 3.30. The quantitative estimate of drug-likeness (QED) is 0.772. The van der Waals surface area contributed by atoms with Gasteiger partial charge < -0.3 is 5.32 Å². The lowest BCUT2D eigenvalue weighted by atomic mass is 10.4. The molecule has 0 radical (unpaired) electrons. The SMILES string of the molecule is O=S1(=O)CCC(Sc2nnnn2CCNC2CC2)C1. The van der Waals surface area contributed by atoms with Crippen LogP contribution in [0.2, 0.25) is 0 Å². The van der Waals surface area contributed by atoms with Gasteiger partial charge in [0.25, 0.3) is 0 Å². The van der Waals surface area contributed by atoms with Crippen LogP contribution in [0, 0.1) is 0 Å². The van der Waals surface area contributed by atoms with E-state index in [1.165, 1.54) is 24.6 Å². The van der Waals surface area contributed by atoms with Crippen molar-refractivity contribution < 1.29 is 8.42 Å². The lowest BCUT2D eigenvalue weighted by Crippen LogP contribution is -2.23. The summed E-state index contributed by atoms with van der Waals surface area (Å²) >= 11 is 1.48. The van der Waals surface area contributed by atoms with E-state index < -0.39 is 9.84 Å². The molecule has 0 spiro atoms. The summed E-state index contributed by atoms with van der Waals surface area (Å²) in [5.74, 6) is 0.528. The molecular weight excluding hydrogens is 286 g/mol. The minimum atomic E-state index is -2.84. The van der Waals surface area contributed by atoms with Crippen LogP contribution in [-0.4, -0.2) is 58.0 Å². The molecule has 19 heavy (non-hydrogen) atoms. The zero-order chi connectivity index (χ0) is 13.3. The summed E-state index contributed by atoms with van der Waals surface area (Å²) in [5.41, 5.74) is 0. The van der Waals surface area contributed by atoms with Crippen molar-refractivity contribution in [1.82, 2.24) is 25.5 Å². The van der Waals surface area contributed by atoms with Crippen molar-refractivity contribution in [3.05, 3.63) is 0 Å². The van der Waals surface area contributed by atoms with Crippen LogP contribution in [0.15, 0.2) is 5.16 Å². The summed E-state index contributed by atoms with van der Waals surface area (Å²) in [6.07, 6.45) is 3.22. The standard InChI is InChI=1S/C10H17N5O2S2/c16-19(17)6-3-9(7-19)18-10-12-13-14-15(10)5-4-11-8-1-2-8/h8-9,11H,1-7H2. The Kier molecular flexibility index (Phi) is 3.77. The fourth-order valence-corrected chi connectivity index (χ4v) is 5.54. The molecule has 1 aliphatic heterocycles. The van der Waals surface area contributed by atoms with Gasteiger partial charge in [0.05, 0.1) is 18.1 Å². The van der Waals surface area contributed by atoms with Crippen LogP contribution < -0.4 is 5.32 Å². The zero-order valence-electron chi connectivity index (χ0n) is 10.5. The predicted octanol–water partition coefficient (Wildman–Crippen LogP) is -0.296. The van der Waals surface area contributed by atoms with Crippen molar-refractivity contribution in [2.45, 2.75) is 42.3 Å². The van der Waals surface area contributed by atoms with Crippen LogP contribution in [0.5, 0.6) is 0 Å². The minimum absolute atomic E-state index is 0.0890. The lowest BCUT2D eigenvalue weighted by Gasteiger charge is -2.08. The Labute approximate surface area is 116 Å². The van der Waals surface area contributed by atoms with Gasteiger partial charge in [-0.3, -0.25) is 0 Å². The van der Waals surface area contributed by atoms with E-state index in [4.69, 9.17) is 0 Å². The van der Waals surface area contributed by atoms with Crippen LogP contribution in [0.4, 0.5) is 0 Å². The highest BCUT2D eigenvalue weighted by Gasteiger charge is 2.30. The molecule has 2 aliphatic rings. The summed E-state index contributed by atoms with van der Waals surface area (Å²) < 4.78 is 24.6. The number of hydrogen-bond acceptors (Lipinski definition) is 7. The summed E-state index contributed by atoms with van der Waals surface area (Å²) in [6.45, 7) is 1.58. The Hall–Kier alpha value is -0.670. The van der Waals surface area contributed by atoms with E-state index in [0.29, 0.717) is 12.5 Å². The molecule has 0 bridgehead atoms. The van der Waals surface area contributed by atoms with Crippen molar-refractivity contribution in [3.8, 4) is 0 Å². The third kappa shape index (κ3) is 3.67. The monoisotopic (exact) mass is 303 g/mol. The van der Waals surface area contributed by atoms with Gasteiger partial charge >= 0.3 is 0 Å². The van der Waals surface area contributed by atoms with E-state index in [9.17, 15) is 8.42 Å². The van der Waals surface area contributed by atoms with Gasteiger partial charge in [0, 0.05) is 17.8 Å². The van der Waals surface area contributed by atoms with Gasteiger partial charge in [0.15, 0.2) is 9.84 Å². The van der Waals surface area contributed by atoms with Gasteiger partial charge in [0.2, 0.25) is 5.16 Å². The summed E-state index contributed by atoms with van der Waals surface area (Å²) in [4.78, 5) is 0. The van der Waals surface area contributed by atoms with Gasteiger partial charge in [-0.2, -0.15) is 0 Å². The fourth-order valence-electron chi connectivity index (χ4n) is 2.09. The molecule has 9 heteroatoms. The normalized spacial score (nSPS) is 25.8. The largest absolute Gasteiger partial charge is 0.312 e. The molecule has 1 N–H and O–H groups in total. The van der Waals surface area contributed by atoms with E-state index in [1.807, 2.05) is 0 Å². The molecular formula is C10H17N5O2S2. The number of hydrogen-bond donors (Lipinski definition) is 1. The predicted molar refractivity (Wildman–Crippen MR) is 71.8 cm³/mol. The van der Waals surface area contributed by atoms with Crippen LogP contribution in [0.1, 0.15) is 19.3 Å². The van der Waals surface area contributed by atoms with E-state index in [-0.39, 0.29) is 16.8 Å². The second-order valence-corrected chi connectivity index (χ2v) is 8.55. The molecule has 0 aromatic carbocycles. The highest BCUT2D eigenvalue weighted by molar-refractivity contribution is 8.01. The second-order valence-electron chi connectivity index (χ2n) is 5.06. The van der Waals surface area contributed by atoms with Crippen LogP contribution in [0.25, 0.3) is 0 Å². The van der Waals surface area contributed by atoms with Gasteiger partial charge in [0.1, 0.15) is 0 Å². The van der Waals surface area contributed by atoms with Crippen molar-refractivity contribution >= 4 is 21.6 Å². The average molecular weight is 303 g/mol. The number of rotatable bonds is 6. The Balaban J connectivity index is 1.54. The number of aromatic nitrogens is 4. The molecule has 1 aliphatic carbocycles. The van der Waals surface area contributed by atoms with Crippen molar-refractivity contribution in [2.24, 2.45) is 0 Å². The molecule has 1 aromatic rings. The maximum absolute atomic E-state index is 11.4. The highest BCUT2D eigenvalue weighted by atomic mass is 32.2. The summed E-state index contributed by atoms with van der Waals surface area (Å²) in [7, 11) is -2.84. The van der Waals surface area contributed by atoms with Crippen molar-refractivity contribution in [1.29, 1.82) is 0 Å². The maximum atomic E-state index is 11.4. The minimum Gasteiger partial charge on any atom is -0.312 e. The Bertz CT molecular complexity index is 540. The Morgan fingerprint density at radius 1 is 1.37 bits per heavy atom. The van der Waals surface area contributed by atoms with Gasteiger partial charge in [-0.05, 0) is 29.7 Å². The van der Waals surface area contributed by atoms with Crippen LogP contribution in [0.3, 0.4) is 0 Å². The molecule has 7 nitrogen and oxygen atoms in total. The molecule has 3 rings (SSSR count). The number of nitrogens with zero attached hydrogens (tertiary/aromatic N) is 4. The third-order valence-corrected chi connectivity index (χ3v) is 6.51. The van der Waals surface area contributed by atoms with E-state index in [1.54, 1.807) is 4.68 Å². The lowest BCUT2D eigenvalue weighted by molar-refractivity contribution is 0.509. The molecule has 1 saturated heterocycles. The molecule has 106 valence electrons. The van der Waals surface area contributed by atoms with Crippen LogP contribution >= 0.6 is 11.8 Å². The first kappa shape index (κ1) is 13.3. The first-order chi connectivity index (χ1) is 9.12. The van der Waals surface area contributed by atoms with E-state index >= 15 is 0 Å². The Morgan fingerprint density at radius 2 is 2.21 bits per heavy atom. The molecule has 2 heterocycles. The smallest absolute Gasteiger partial charge is 0.209 e. The van der Waals surface area contributed by atoms with Gasteiger partial charge in [-0.25, -0.2) is 13.1 Å². The van der Waals surface area contributed by atoms with Crippen molar-refractivity contribution in [3.63, 3.8) is 0 Å². The molecule has 1 unspecified atom stereocenters. The number of thioether (sulfide) groups is 1. The molecule has 1 saturated carbocycles. The Morgan fingerprint density at radius 3 is 2.89 bits per heavy atom. The first-order valence-corrected chi connectivity index (χ1v) is 9.19. The maximum Gasteiger partial charge on any atom is 0.209 e. The van der Waals surface area contributed by atoms with Gasteiger partial charge in [-0.15, -0.1) is 5.10 Å². The summed E-state index contributed by atoms with van der Waals surface area (Å²) in [6, 6.07) is 0.674. The summed E-state index contributed by atoms with van der Waals surface area (Å²) in [5, 5.41) is 15.8. The molecule has 1 atom stereocenters. The number of tetrazole rings is 1. The topological polar surface area (TPSA) is 89.8 Å². The zero-order valence-corrected chi connectivity index (χ0v) is 12.2. The number of sulfone groups is 1. The highest BCUT2D eigenvalue weighted by Crippen LogP contribution is 2.29. The van der Waals surface area contributed by atoms with Crippen LogP contribution in [-0.2, 0) is 16.4 Å². The fraction of sp³-hybridized carbons (Fsp3) is 0.900.